The molecular formula is C17H18N2O2S. The average Bonchev–Trinajstić information content (AvgIpc) is 2.56. The Bertz CT molecular complexity index is 765. The second-order valence-electron chi connectivity index (χ2n) is 4.91. The van der Waals surface area contributed by atoms with E-state index in [1.807, 2.05) is 31.2 Å². The molecule has 114 valence electrons. The van der Waals surface area contributed by atoms with Crippen molar-refractivity contribution in [1.82, 2.24) is 0 Å². The zero-order valence-corrected chi connectivity index (χ0v) is 13.3. The molecule has 2 aromatic rings. The third-order valence-electron chi connectivity index (χ3n) is 3.31. The van der Waals surface area contributed by atoms with E-state index in [9.17, 15) is 8.42 Å². The summed E-state index contributed by atoms with van der Waals surface area (Å²) in [5.74, 6) is 0. The van der Waals surface area contributed by atoms with E-state index in [0.717, 1.165) is 12.8 Å². The molecule has 4 nitrogen and oxygen atoms in total. The van der Waals surface area contributed by atoms with Crippen molar-refractivity contribution in [3.8, 4) is 6.07 Å². The zero-order valence-electron chi connectivity index (χ0n) is 12.4. The van der Waals surface area contributed by atoms with E-state index in [0.29, 0.717) is 17.8 Å². The molecule has 0 fully saturated rings. The van der Waals surface area contributed by atoms with Crippen LogP contribution in [0.4, 0.5) is 5.69 Å². The van der Waals surface area contributed by atoms with Gasteiger partial charge in [-0.05, 0) is 36.8 Å². The molecular weight excluding hydrogens is 296 g/mol. The normalized spacial score (nSPS) is 10.9. The minimum absolute atomic E-state index is 0.145. The summed E-state index contributed by atoms with van der Waals surface area (Å²) in [7, 11) is -3.68. The minimum atomic E-state index is -3.68. The highest BCUT2D eigenvalue weighted by molar-refractivity contribution is 7.92. The molecule has 2 aromatic carbocycles. The Hall–Kier alpha value is -2.32. The molecule has 2 rings (SSSR count). The van der Waals surface area contributed by atoms with Crippen LogP contribution < -0.4 is 4.31 Å². The SMILES string of the molecule is CCCCN(c1ccccc1)S(=O)(=O)c1cccc(C#N)c1. The first-order valence-corrected chi connectivity index (χ1v) is 8.61. The van der Waals surface area contributed by atoms with Gasteiger partial charge in [0.25, 0.3) is 10.0 Å². The van der Waals surface area contributed by atoms with Gasteiger partial charge >= 0.3 is 0 Å². The first-order chi connectivity index (χ1) is 10.6. The Kier molecular flexibility index (Phi) is 5.18. The van der Waals surface area contributed by atoms with Crippen LogP contribution in [-0.4, -0.2) is 15.0 Å². The highest BCUT2D eigenvalue weighted by atomic mass is 32.2. The summed E-state index contributed by atoms with van der Waals surface area (Å²) >= 11 is 0. The summed E-state index contributed by atoms with van der Waals surface area (Å²) in [6, 6.07) is 17.1. The molecule has 0 radical (unpaired) electrons. The lowest BCUT2D eigenvalue weighted by Crippen LogP contribution is -2.32. The third-order valence-corrected chi connectivity index (χ3v) is 5.13. The lowest BCUT2D eigenvalue weighted by Gasteiger charge is -2.24. The minimum Gasteiger partial charge on any atom is -0.266 e. The van der Waals surface area contributed by atoms with E-state index in [2.05, 4.69) is 0 Å². The number of anilines is 1. The second-order valence-corrected chi connectivity index (χ2v) is 6.77. The number of para-hydroxylation sites is 1. The Labute approximate surface area is 131 Å². The summed E-state index contributed by atoms with van der Waals surface area (Å²) in [6.07, 6.45) is 1.67. The maximum Gasteiger partial charge on any atom is 0.264 e. The molecule has 0 spiro atoms. The van der Waals surface area contributed by atoms with Gasteiger partial charge in [0.1, 0.15) is 0 Å². The lowest BCUT2D eigenvalue weighted by molar-refractivity contribution is 0.588. The van der Waals surface area contributed by atoms with Crippen LogP contribution in [0, 0.1) is 11.3 Å². The fraction of sp³-hybridized carbons (Fsp3) is 0.235. The number of benzene rings is 2. The number of sulfonamides is 1. The predicted octanol–water partition coefficient (Wildman–Crippen LogP) is 3.55. The van der Waals surface area contributed by atoms with Crippen LogP contribution in [0.2, 0.25) is 0 Å². The maximum atomic E-state index is 12.9. The summed E-state index contributed by atoms with van der Waals surface area (Å²) in [4.78, 5) is 0.145. The van der Waals surface area contributed by atoms with Crippen molar-refractivity contribution in [1.29, 1.82) is 5.26 Å². The Morgan fingerprint density at radius 2 is 1.82 bits per heavy atom. The van der Waals surface area contributed by atoms with Gasteiger partial charge in [0.05, 0.1) is 22.2 Å². The standard InChI is InChI=1S/C17H18N2O2S/c1-2-3-12-19(16-9-5-4-6-10-16)22(20,21)17-11-7-8-15(13-17)14-18/h4-11,13H,2-3,12H2,1H3. The number of nitrogens with zero attached hydrogens (tertiary/aromatic N) is 2. The summed E-state index contributed by atoms with van der Waals surface area (Å²) < 4.78 is 27.3. The van der Waals surface area contributed by atoms with Gasteiger partial charge in [-0.2, -0.15) is 5.26 Å². The highest BCUT2D eigenvalue weighted by Gasteiger charge is 2.24. The molecule has 5 heteroatoms. The molecule has 0 heterocycles. The van der Waals surface area contributed by atoms with Crippen molar-refractivity contribution in [2.24, 2.45) is 0 Å². The second kappa shape index (κ2) is 7.10. The van der Waals surface area contributed by atoms with Gasteiger partial charge in [0.15, 0.2) is 0 Å². The number of hydrogen-bond acceptors (Lipinski definition) is 3. The summed E-state index contributed by atoms with van der Waals surface area (Å²) in [6.45, 7) is 2.44. The van der Waals surface area contributed by atoms with Gasteiger partial charge < -0.3 is 0 Å². The van der Waals surface area contributed by atoms with Gasteiger partial charge in [0.2, 0.25) is 0 Å². The average molecular weight is 314 g/mol. The Morgan fingerprint density at radius 1 is 1.09 bits per heavy atom. The van der Waals surface area contributed by atoms with Crippen molar-refractivity contribution in [2.45, 2.75) is 24.7 Å². The topological polar surface area (TPSA) is 61.2 Å². The molecule has 0 N–H and O–H groups in total. The van der Waals surface area contributed by atoms with E-state index in [4.69, 9.17) is 5.26 Å². The van der Waals surface area contributed by atoms with E-state index >= 15 is 0 Å². The molecule has 0 amide bonds. The van der Waals surface area contributed by atoms with Crippen LogP contribution in [0.15, 0.2) is 59.5 Å². The predicted molar refractivity (Wildman–Crippen MR) is 87.0 cm³/mol. The lowest BCUT2D eigenvalue weighted by atomic mass is 10.2. The Balaban J connectivity index is 2.47. The zero-order chi connectivity index (χ0) is 16.0. The van der Waals surface area contributed by atoms with Gasteiger partial charge in [-0.3, -0.25) is 4.31 Å². The van der Waals surface area contributed by atoms with Crippen molar-refractivity contribution >= 4 is 15.7 Å². The van der Waals surface area contributed by atoms with Crippen LogP contribution in [0.1, 0.15) is 25.3 Å². The smallest absolute Gasteiger partial charge is 0.264 e. The quantitative estimate of drug-likeness (QED) is 0.819. The monoisotopic (exact) mass is 314 g/mol. The molecule has 0 aliphatic rings. The van der Waals surface area contributed by atoms with Gasteiger partial charge in [-0.25, -0.2) is 8.42 Å². The molecule has 0 saturated carbocycles. The van der Waals surface area contributed by atoms with E-state index in [1.54, 1.807) is 24.3 Å². The van der Waals surface area contributed by atoms with Crippen molar-refractivity contribution < 1.29 is 8.42 Å². The molecule has 0 aliphatic carbocycles. The first-order valence-electron chi connectivity index (χ1n) is 7.17. The molecule has 0 bridgehead atoms. The van der Waals surface area contributed by atoms with Crippen molar-refractivity contribution in [3.63, 3.8) is 0 Å². The summed E-state index contributed by atoms with van der Waals surface area (Å²) in [5.41, 5.74) is 0.975. The van der Waals surface area contributed by atoms with Gasteiger partial charge in [0, 0.05) is 6.54 Å². The largest absolute Gasteiger partial charge is 0.266 e. The molecule has 22 heavy (non-hydrogen) atoms. The van der Waals surface area contributed by atoms with Crippen LogP contribution >= 0.6 is 0 Å². The number of unbranched alkanes of at least 4 members (excludes halogenated alkanes) is 1. The summed E-state index contributed by atoms with van der Waals surface area (Å²) in [5, 5.41) is 8.97. The third kappa shape index (κ3) is 3.46. The van der Waals surface area contributed by atoms with Gasteiger partial charge in [-0.15, -0.1) is 0 Å². The number of hydrogen-bond donors (Lipinski definition) is 0. The molecule has 0 aromatic heterocycles. The highest BCUT2D eigenvalue weighted by Crippen LogP contribution is 2.24. The fourth-order valence-corrected chi connectivity index (χ4v) is 3.69. The number of nitriles is 1. The van der Waals surface area contributed by atoms with Crippen molar-refractivity contribution in [2.75, 3.05) is 10.8 Å². The molecule has 0 saturated heterocycles. The maximum absolute atomic E-state index is 12.9. The number of rotatable bonds is 6. The van der Waals surface area contributed by atoms with E-state index in [-0.39, 0.29) is 4.90 Å². The van der Waals surface area contributed by atoms with E-state index < -0.39 is 10.0 Å². The van der Waals surface area contributed by atoms with Crippen LogP contribution in [0.3, 0.4) is 0 Å². The molecule has 0 aliphatic heterocycles. The van der Waals surface area contributed by atoms with Crippen LogP contribution in [0.5, 0.6) is 0 Å². The van der Waals surface area contributed by atoms with Crippen molar-refractivity contribution in [3.05, 3.63) is 60.2 Å². The Morgan fingerprint density at radius 3 is 2.45 bits per heavy atom. The van der Waals surface area contributed by atoms with Crippen LogP contribution in [-0.2, 0) is 10.0 Å². The van der Waals surface area contributed by atoms with Gasteiger partial charge in [-0.1, -0.05) is 37.6 Å². The first kappa shape index (κ1) is 16.1. The molecule has 0 atom stereocenters. The molecule has 0 unspecified atom stereocenters. The van der Waals surface area contributed by atoms with E-state index in [1.165, 1.54) is 16.4 Å². The fourth-order valence-electron chi connectivity index (χ4n) is 2.14. The van der Waals surface area contributed by atoms with Crippen LogP contribution in [0.25, 0.3) is 0 Å².